The van der Waals surface area contributed by atoms with E-state index in [4.69, 9.17) is 12.2 Å². The summed E-state index contributed by atoms with van der Waals surface area (Å²) in [5, 5.41) is 7.50. The van der Waals surface area contributed by atoms with Crippen LogP contribution in [0.3, 0.4) is 0 Å². The van der Waals surface area contributed by atoms with E-state index in [2.05, 4.69) is 25.8 Å². The van der Waals surface area contributed by atoms with Gasteiger partial charge < -0.3 is 5.32 Å². The van der Waals surface area contributed by atoms with Gasteiger partial charge in [-0.05, 0) is 43.4 Å². The number of nitrogens with zero attached hydrogens (tertiary/aromatic N) is 3. The maximum Gasteiger partial charge on any atom is 2.00 e. The van der Waals surface area contributed by atoms with Gasteiger partial charge >= 0.3 is 17.1 Å². The molecule has 21 heavy (non-hydrogen) atoms. The molecule has 111 valence electrons. The Labute approximate surface area is 139 Å². The second-order valence-corrected chi connectivity index (χ2v) is 4.49. The Bertz CT molecular complexity index is 603. The fourth-order valence-corrected chi connectivity index (χ4v) is 1.63. The van der Waals surface area contributed by atoms with E-state index >= 15 is 0 Å². The number of hydrazone groups is 1. The quantitative estimate of drug-likeness (QED) is 0.382. The van der Waals surface area contributed by atoms with E-state index in [0.717, 1.165) is 17.1 Å². The Morgan fingerprint density at radius 2 is 2.14 bits per heavy atom. The fraction of sp³-hybridized carbons (Fsp3) is 0.143. The molecule has 0 saturated carbocycles. The van der Waals surface area contributed by atoms with Crippen LogP contribution >= 0.6 is 12.2 Å². The summed E-state index contributed by atoms with van der Waals surface area (Å²) in [7, 11) is 0. The number of rotatable bonds is 4. The monoisotopic (exact) mass is 348 g/mol. The predicted octanol–water partition coefficient (Wildman–Crippen LogP) is 1.78. The number of thiocarbonyl (C=S) groups is 1. The number of pyridine rings is 2. The molecule has 0 saturated heterocycles. The summed E-state index contributed by atoms with van der Waals surface area (Å²) in [5.41, 5.74) is 5.39. The first kappa shape index (κ1) is 17.2. The van der Waals surface area contributed by atoms with Crippen molar-refractivity contribution in [1.82, 2.24) is 20.7 Å². The normalized spacial score (nSPS) is 9.95. The van der Waals surface area contributed by atoms with Crippen LogP contribution < -0.4 is 10.7 Å². The average Bonchev–Trinajstić information content (AvgIpc) is 2.46. The summed E-state index contributed by atoms with van der Waals surface area (Å²) in [6.07, 6.45) is 3.37. The minimum atomic E-state index is 0. The van der Waals surface area contributed by atoms with Crippen LogP contribution in [0.5, 0.6) is 0 Å². The van der Waals surface area contributed by atoms with Gasteiger partial charge in [-0.25, -0.2) is 0 Å². The van der Waals surface area contributed by atoms with E-state index < -0.39 is 0 Å². The molecular weight excluding hydrogens is 334 g/mol. The van der Waals surface area contributed by atoms with Gasteiger partial charge in [0.2, 0.25) is 0 Å². The minimum Gasteiger partial charge on any atom is -0.356 e. The minimum absolute atomic E-state index is 0. The molecule has 0 atom stereocenters. The van der Waals surface area contributed by atoms with Gasteiger partial charge in [0.25, 0.3) is 0 Å². The zero-order valence-corrected chi connectivity index (χ0v) is 13.1. The van der Waals surface area contributed by atoms with Crippen LogP contribution in [-0.2, 0) is 23.6 Å². The van der Waals surface area contributed by atoms with Crippen LogP contribution in [0.2, 0.25) is 0 Å². The number of aromatic nitrogens is 2. The molecule has 1 radical (unpaired) electrons. The summed E-state index contributed by atoms with van der Waals surface area (Å²) < 4.78 is 0. The number of nitrogens with one attached hydrogen (secondary N) is 2. The molecule has 2 heterocycles. The van der Waals surface area contributed by atoms with Gasteiger partial charge in [0.1, 0.15) is 0 Å². The Balaban J connectivity index is 0.00000220. The van der Waals surface area contributed by atoms with Gasteiger partial charge in [0.15, 0.2) is 5.11 Å². The zero-order valence-electron chi connectivity index (χ0n) is 11.4. The Morgan fingerprint density at radius 1 is 1.29 bits per heavy atom. The van der Waals surface area contributed by atoms with Crippen molar-refractivity contribution in [1.29, 1.82) is 0 Å². The van der Waals surface area contributed by atoms with Crippen LogP contribution in [0.25, 0.3) is 0 Å². The van der Waals surface area contributed by atoms with Crippen molar-refractivity contribution in [3.05, 3.63) is 59.7 Å². The largest absolute Gasteiger partial charge is 2.00 e. The Morgan fingerprint density at radius 3 is 2.86 bits per heavy atom. The fourth-order valence-electron chi connectivity index (χ4n) is 1.51. The third kappa shape index (κ3) is 6.44. The molecule has 0 unspecified atom stereocenters. The standard InChI is InChI=1S/C14H15N5S.Cu/c1-11-5-4-7-13(18-11)10-17-19-14(20)16-9-12-6-2-3-8-15-12;/h2-8,10H,9H2,1H3,(H2,16,19,20);/q;+2. The molecular formula is C14H15CuN5S+2. The predicted molar refractivity (Wildman–Crippen MR) is 83.4 cm³/mol. The summed E-state index contributed by atoms with van der Waals surface area (Å²) >= 11 is 5.11. The molecule has 0 fully saturated rings. The molecule has 2 rings (SSSR count). The molecule has 0 aliphatic heterocycles. The Kier molecular flexibility index (Phi) is 7.53. The summed E-state index contributed by atoms with van der Waals surface area (Å²) in [6, 6.07) is 11.5. The van der Waals surface area contributed by atoms with E-state index in [9.17, 15) is 0 Å². The third-order valence-corrected chi connectivity index (χ3v) is 2.66. The van der Waals surface area contributed by atoms with E-state index in [1.165, 1.54) is 0 Å². The van der Waals surface area contributed by atoms with E-state index in [1.54, 1.807) is 12.4 Å². The summed E-state index contributed by atoms with van der Waals surface area (Å²) in [6.45, 7) is 2.49. The van der Waals surface area contributed by atoms with Crippen LogP contribution in [0, 0.1) is 6.92 Å². The van der Waals surface area contributed by atoms with Gasteiger partial charge in [0.05, 0.1) is 24.1 Å². The molecule has 0 aliphatic rings. The first-order chi connectivity index (χ1) is 9.74. The summed E-state index contributed by atoms with van der Waals surface area (Å²) in [5.74, 6) is 0. The van der Waals surface area contributed by atoms with Crippen LogP contribution in [0.4, 0.5) is 0 Å². The van der Waals surface area contributed by atoms with Gasteiger partial charge in [0, 0.05) is 11.9 Å². The molecule has 2 N–H and O–H groups in total. The number of hydrogen-bond acceptors (Lipinski definition) is 4. The average molecular weight is 349 g/mol. The molecule has 5 nitrogen and oxygen atoms in total. The van der Waals surface area contributed by atoms with Gasteiger partial charge in [-0.15, -0.1) is 0 Å². The molecule has 2 aromatic rings. The molecule has 2 aromatic heterocycles. The van der Waals surface area contributed by atoms with Crippen molar-refractivity contribution in [3.63, 3.8) is 0 Å². The van der Waals surface area contributed by atoms with Gasteiger partial charge in [-0.1, -0.05) is 12.1 Å². The van der Waals surface area contributed by atoms with Crippen molar-refractivity contribution in [2.75, 3.05) is 0 Å². The van der Waals surface area contributed by atoms with Crippen molar-refractivity contribution in [3.8, 4) is 0 Å². The van der Waals surface area contributed by atoms with E-state index in [-0.39, 0.29) is 17.1 Å². The molecule has 0 bridgehead atoms. The number of aryl methyl sites for hydroxylation is 1. The zero-order chi connectivity index (χ0) is 14.2. The van der Waals surface area contributed by atoms with Crippen LogP contribution in [0.1, 0.15) is 17.1 Å². The first-order valence-electron chi connectivity index (χ1n) is 6.14. The maximum absolute atomic E-state index is 5.11. The van der Waals surface area contributed by atoms with Crippen LogP contribution in [0.15, 0.2) is 47.7 Å². The van der Waals surface area contributed by atoms with E-state index in [0.29, 0.717) is 11.7 Å². The molecule has 0 aromatic carbocycles. The summed E-state index contributed by atoms with van der Waals surface area (Å²) in [4.78, 5) is 8.49. The number of hydrogen-bond donors (Lipinski definition) is 2. The van der Waals surface area contributed by atoms with Gasteiger partial charge in [-0.3, -0.25) is 15.4 Å². The van der Waals surface area contributed by atoms with Crippen molar-refractivity contribution < 1.29 is 17.1 Å². The van der Waals surface area contributed by atoms with Crippen LogP contribution in [-0.4, -0.2) is 21.3 Å². The van der Waals surface area contributed by atoms with E-state index in [1.807, 2.05) is 43.3 Å². The third-order valence-electron chi connectivity index (χ3n) is 2.43. The van der Waals surface area contributed by atoms with Crippen molar-refractivity contribution in [2.24, 2.45) is 5.10 Å². The molecule has 0 spiro atoms. The molecule has 0 amide bonds. The van der Waals surface area contributed by atoms with Crippen molar-refractivity contribution >= 4 is 23.5 Å². The second kappa shape index (κ2) is 9.18. The maximum atomic E-state index is 5.11. The first-order valence-corrected chi connectivity index (χ1v) is 6.55. The topological polar surface area (TPSA) is 62.2 Å². The van der Waals surface area contributed by atoms with Gasteiger partial charge in [-0.2, -0.15) is 5.10 Å². The molecule has 0 aliphatic carbocycles. The smallest absolute Gasteiger partial charge is 0.356 e. The second-order valence-electron chi connectivity index (χ2n) is 4.08. The SMILES string of the molecule is Cc1cccc(C=NNC(=S)NCc2ccccn2)n1.[Cu+2]. The van der Waals surface area contributed by atoms with Crippen molar-refractivity contribution in [2.45, 2.75) is 13.5 Å². The Hall–Kier alpha value is -1.82. The molecule has 7 heteroatoms.